The summed E-state index contributed by atoms with van der Waals surface area (Å²) in [7, 11) is -3.71. The van der Waals surface area contributed by atoms with Crippen molar-refractivity contribution in [3.05, 3.63) is 87.9 Å². The number of hydrogen-bond acceptors (Lipinski definition) is 5. The summed E-state index contributed by atoms with van der Waals surface area (Å²) in [4.78, 5) is 4.04. The Hall–Kier alpha value is -3.34. The van der Waals surface area contributed by atoms with Crippen LogP contribution < -0.4 is 9.46 Å². The van der Waals surface area contributed by atoms with E-state index in [1.807, 2.05) is 6.07 Å². The third kappa shape index (κ3) is 5.57. The van der Waals surface area contributed by atoms with E-state index >= 15 is 0 Å². The molecule has 0 saturated carbocycles. The summed E-state index contributed by atoms with van der Waals surface area (Å²) >= 11 is 5.82. The quantitative estimate of drug-likeness (QED) is 0.591. The highest BCUT2D eigenvalue weighted by Gasteiger charge is 2.11. The third-order valence-electron chi connectivity index (χ3n) is 3.87. The van der Waals surface area contributed by atoms with Gasteiger partial charge in [0.2, 0.25) is 5.88 Å². The van der Waals surface area contributed by atoms with E-state index in [-0.39, 0.29) is 5.88 Å². The predicted octanol–water partition coefficient (Wildman–Crippen LogP) is 5.12. The molecule has 0 aliphatic heterocycles. The molecule has 3 rings (SSSR count). The number of aromatic nitrogens is 1. The second-order valence-electron chi connectivity index (χ2n) is 6.05. The molecule has 0 bridgehead atoms. The molecule has 1 heterocycles. The zero-order valence-corrected chi connectivity index (χ0v) is 16.9. The molecule has 146 valence electrons. The number of nitrogens with zero attached hydrogens (tertiary/aromatic N) is 2. The van der Waals surface area contributed by atoms with Gasteiger partial charge in [0, 0.05) is 11.2 Å². The van der Waals surface area contributed by atoms with Crippen LogP contribution in [0.4, 0.5) is 5.69 Å². The number of aryl methyl sites for hydroxylation is 1. The Morgan fingerprint density at radius 3 is 2.62 bits per heavy atom. The standard InChI is InChI=1S/C21H16ClN3O3S/c1-15-13-19(28-21-17(14-23)3-2-11-24-21)8-9-20(15)25-29(26,27)12-10-16-4-6-18(22)7-5-16/h2-13,25H,1H3. The van der Waals surface area contributed by atoms with Gasteiger partial charge in [0.1, 0.15) is 17.4 Å². The van der Waals surface area contributed by atoms with E-state index in [0.717, 1.165) is 5.41 Å². The zero-order valence-electron chi connectivity index (χ0n) is 15.3. The highest BCUT2D eigenvalue weighted by Crippen LogP contribution is 2.27. The van der Waals surface area contributed by atoms with E-state index < -0.39 is 10.0 Å². The normalized spacial score (nSPS) is 11.2. The fourth-order valence-electron chi connectivity index (χ4n) is 2.41. The highest BCUT2D eigenvalue weighted by atomic mass is 35.5. The average molecular weight is 426 g/mol. The second-order valence-corrected chi connectivity index (χ2v) is 8.05. The van der Waals surface area contributed by atoms with E-state index in [4.69, 9.17) is 21.6 Å². The summed E-state index contributed by atoms with van der Waals surface area (Å²) < 4.78 is 32.9. The van der Waals surface area contributed by atoms with Gasteiger partial charge in [0.05, 0.1) is 11.1 Å². The smallest absolute Gasteiger partial charge is 0.255 e. The molecule has 0 spiro atoms. The molecule has 29 heavy (non-hydrogen) atoms. The number of pyridine rings is 1. The molecule has 0 radical (unpaired) electrons. The number of rotatable bonds is 6. The summed E-state index contributed by atoms with van der Waals surface area (Å²) in [5, 5.41) is 10.8. The number of nitriles is 1. The van der Waals surface area contributed by atoms with Crippen LogP contribution in [0.3, 0.4) is 0 Å². The first kappa shape index (κ1) is 20.4. The molecule has 0 aliphatic rings. The largest absolute Gasteiger partial charge is 0.438 e. The topological polar surface area (TPSA) is 92.1 Å². The van der Waals surface area contributed by atoms with E-state index in [9.17, 15) is 8.42 Å². The van der Waals surface area contributed by atoms with Crippen LogP contribution in [0.2, 0.25) is 5.02 Å². The van der Waals surface area contributed by atoms with Crippen LogP contribution in [0.25, 0.3) is 6.08 Å². The number of benzene rings is 2. The molecule has 2 aromatic carbocycles. The Labute approximate surface area is 174 Å². The van der Waals surface area contributed by atoms with E-state index in [0.29, 0.717) is 33.1 Å². The Bertz CT molecular complexity index is 1200. The maximum absolute atomic E-state index is 12.4. The molecule has 3 aromatic rings. The average Bonchev–Trinajstić information content (AvgIpc) is 2.70. The number of sulfonamides is 1. The molecule has 0 aliphatic carbocycles. The first-order valence-electron chi connectivity index (χ1n) is 8.46. The van der Waals surface area contributed by atoms with Crippen molar-refractivity contribution in [1.29, 1.82) is 5.26 Å². The van der Waals surface area contributed by atoms with Crippen molar-refractivity contribution < 1.29 is 13.2 Å². The van der Waals surface area contributed by atoms with Crippen molar-refractivity contribution in [2.75, 3.05) is 4.72 Å². The molecule has 0 fully saturated rings. The summed E-state index contributed by atoms with van der Waals surface area (Å²) in [6.07, 6.45) is 3.01. The predicted molar refractivity (Wildman–Crippen MR) is 113 cm³/mol. The van der Waals surface area contributed by atoms with Gasteiger partial charge in [-0.05, 0) is 66.6 Å². The lowest BCUT2D eigenvalue weighted by Gasteiger charge is -2.11. The van der Waals surface area contributed by atoms with Gasteiger partial charge in [-0.15, -0.1) is 0 Å². The van der Waals surface area contributed by atoms with Crippen molar-refractivity contribution in [2.24, 2.45) is 0 Å². The summed E-state index contributed by atoms with van der Waals surface area (Å²) in [6.45, 7) is 1.75. The lowest BCUT2D eigenvalue weighted by atomic mass is 10.2. The van der Waals surface area contributed by atoms with Gasteiger partial charge in [0.25, 0.3) is 10.0 Å². The van der Waals surface area contributed by atoms with Crippen molar-refractivity contribution in [2.45, 2.75) is 6.92 Å². The Morgan fingerprint density at radius 2 is 1.93 bits per heavy atom. The van der Waals surface area contributed by atoms with Gasteiger partial charge in [0.15, 0.2) is 0 Å². The van der Waals surface area contributed by atoms with Crippen molar-refractivity contribution in [1.82, 2.24) is 4.98 Å². The molecule has 0 saturated heterocycles. The summed E-state index contributed by atoms with van der Waals surface area (Å²) in [5.41, 5.74) is 2.09. The molecule has 0 unspecified atom stereocenters. The lowest BCUT2D eigenvalue weighted by Crippen LogP contribution is -2.10. The van der Waals surface area contributed by atoms with E-state index in [2.05, 4.69) is 9.71 Å². The molecular weight excluding hydrogens is 410 g/mol. The van der Waals surface area contributed by atoms with Gasteiger partial charge in [-0.1, -0.05) is 23.7 Å². The highest BCUT2D eigenvalue weighted by molar-refractivity contribution is 7.95. The second kappa shape index (κ2) is 8.78. The van der Waals surface area contributed by atoms with Crippen molar-refractivity contribution >= 4 is 33.4 Å². The molecule has 0 atom stereocenters. The summed E-state index contributed by atoms with van der Waals surface area (Å²) in [5.74, 6) is 0.631. The van der Waals surface area contributed by atoms with Crippen LogP contribution in [0.15, 0.2) is 66.2 Å². The van der Waals surface area contributed by atoms with Gasteiger partial charge in [-0.2, -0.15) is 5.26 Å². The van der Waals surface area contributed by atoms with Crippen LogP contribution >= 0.6 is 11.6 Å². The molecule has 1 aromatic heterocycles. The fraction of sp³-hybridized carbons (Fsp3) is 0.0476. The first-order chi connectivity index (χ1) is 13.9. The van der Waals surface area contributed by atoms with Gasteiger partial charge >= 0.3 is 0 Å². The monoisotopic (exact) mass is 425 g/mol. The van der Waals surface area contributed by atoms with Gasteiger partial charge < -0.3 is 4.74 Å². The minimum atomic E-state index is -3.71. The zero-order chi connectivity index (χ0) is 20.9. The van der Waals surface area contributed by atoms with E-state index in [1.165, 1.54) is 12.3 Å². The van der Waals surface area contributed by atoms with Crippen LogP contribution in [0, 0.1) is 18.3 Å². The lowest BCUT2D eigenvalue weighted by molar-refractivity contribution is 0.461. The summed E-state index contributed by atoms with van der Waals surface area (Å²) in [6, 6.07) is 16.9. The van der Waals surface area contributed by atoms with Crippen LogP contribution in [0.1, 0.15) is 16.7 Å². The fourth-order valence-corrected chi connectivity index (χ4v) is 3.48. The van der Waals surface area contributed by atoms with Crippen LogP contribution in [-0.4, -0.2) is 13.4 Å². The van der Waals surface area contributed by atoms with Crippen molar-refractivity contribution in [3.8, 4) is 17.7 Å². The minimum absolute atomic E-state index is 0.189. The number of anilines is 1. The molecule has 0 amide bonds. The molecule has 8 heteroatoms. The molecule has 6 nitrogen and oxygen atoms in total. The Kier molecular flexibility index (Phi) is 6.17. The SMILES string of the molecule is Cc1cc(Oc2ncccc2C#N)ccc1NS(=O)(=O)C=Cc1ccc(Cl)cc1. The number of nitrogens with one attached hydrogen (secondary N) is 1. The van der Waals surface area contributed by atoms with Crippen molar-refractivity contribution in [3.63, 3.8) is 0 Å². The van der Waals surface area contributed by atoms with Crippen LogP contribution in [0.5, 0.6) is 11.6 Å². The van der Waals surface area contributed by atoms with Gasteiger partial charge in [-0.3, -0.25) is 4.72 Å². The Morgan fingerprint density at radius 1 is 1.17 bits per heavy atom. The minimum Gasteiger partial charge on any atom is -0.438 e. The number of ether oxygens (including phenoxy) is 1. The number of hydrogen-bond donors (Lipinski definition) is 1. The Balaban J connectivity index is 1.74. The molecule has 1 N–H and O–H groups in total. The van der Waals surface area contributed by atoms with Crippen LogP contribution in [-0.2, 0) is 10.0 Å². The number of halogens is 1. The molecular formula is C21H16ClN3O3S. The third-order valence-corrected chi connectivity index (χ3v) is 5.12. The van der Waals surface area contributed by atoms with Gasteiger partial charge in [-0.25, -0.2) is 13.4 Å². The first-order valence-corrected chi connectivity index (χ1v) is 10.4. The maximum atomic E-state index is 12.4. The van der Waals surface area contributed by atoms with E-state index in [1.54, 1.807) is 61.5 Å². The maximum Gasteiger partial charge on any atom is 0.255 e.